The Labute approximate surface area is 125 Å². The van der Waals surface area contributed by atoms with Crippen molar-refractivity contribution in [2.75, 3.05) is 23.0 Å². The molecule has 0 aliphatic rings. The third kappa shape index (κ3) is 3.72. The average molecular weight is 348 g/mol. The first-order valence-corrected chi connectivity index (χ1v) is 9.15. The Hall–Kier alpha value is -0.550. The first kappa shape index (κ1) is 16.5. The first-order valence-electron chi connectivity index (χ1n) is 6.38. The first-order chi connectivity index (χ1) is 8.76. The molecule has 0 heterocycles. The van der Waals surface area contributed by atoms with Gasteiger partial charge in [-0.25, -0.2) is 8.42 Å². The van der Waals surface area contributed by atoms with Crippen LogP contribution in [0.2, 0.25) is 0 Å². The maximum atomic E-state index is 12.3. The van der Waals surface area contributed by atoms with Crippen LogP contribution in [0.5, 0.6) is 0 Å². The molecular weight excluding hydrogens is 326 g/mol. The van der Waals surface area contributed by atoms with Gasteiger partial charge in [-0.05, 0) is 32.4 Å². The van der Waals surface area contributed by atoms with E-state index in [4.69, 9.17) is 0 Å². The van der Waals surface area contributed by atoms with Gasteiger partial charge in [0.2, 0.25) is 0 Å². The minimum absolute atomic E-state index is 0.155. The van der Waals surface area contributed by atoms with Crippen LogP contribution in [-0.4, -0.2) is 32.1 Å². The molecule has 0 radical (unpaired) electrons. The van der Waals surface area contributed by atoms with E-state index in [1.807, 2.05) is 31.0 Å². The zero-order chi connectivity index (χ0) is 14.7. The van der Waals surface area contributed by atoms with Crippen LogP contribution >= 0.6 is 15.9 Å². The van der Waals surface area contributed by atoms with Crippen molar-refractivity contribution in [2.24, 2.45) is 0 Å². The Morgan fingerprint density at radius 2 is 1.84 bits per heavy atom. The summed E-state index contributed by atoms with van der Waals surface area (Å²) < 4.78 is 24.7. The number of nitrogens with zero attached hydrogens (tertiary/aromatic N) is 1. The van der Waals surface area contributed by atoms with E-state index in [0.29, 0.717) is 11.3 Å². The molecule has 1 rings (SSSR count). The molecule has 0 N–H and O–H groups in total. The van der Waals surface area contributed by atoms with E-state index in [-0.39, 0.29) is 11.3 Å². The summed E-state index contributed by atoms with van der Waals surface area (Å²) in [5.74, 6) is 0.187. The normalized spacial score (nSPS) is 12.5. The van der Waals surface area contributed by atoms with Gasteiger partial charge in [0.25, 0.3) is 0 Å². The smallest absolute Gasteiger partial charge is 0.180 e. The van der Waals surface area contributed by atoms with Crippen molar-refractivity contribution in [1.82, 2.24) is 0 Å². The van der Waals surface area contributed by atoms with Crippen LogP contribution in [0.25, 0.3) is 0 Å². The van der Waals surface area contributed by atoms with Gasteiger partial charge in [-0.15, -0.1) is 0 Å². The molecule has 0 aliphatic carbocycles. The molecule has 19 heavy (non-hydrogen) atoms. The minimum atomic E-state index is -3.21. The largest absolute Gasteiger partial charge is 0.368 e. The minimum Gasteiger partial charge on any atom is -0.368 e. The van der Waals surface area contributed by atoms with Gasteiger partial charge in [0.1, 0.15) is 0 Å². The number of hydrogen-bond donors (Lipinski definition) is 0. The Balaban J connectivity index is 3.32. The number of halogens is 1. The van der Waals surface area contributed by atoms with Crippen molar-refractivity contribution >= 4 is 31.5 Å². The van der Waals surface area contributed by atoms with Gasteiger partial charge in [-0.1, -0.05) is 35.0 Å². The maximum absolute atomic E-state index is 12.3. The number of sulfone groups is 1. The molecule has 5 heteroatoms. The third-order valence-electron chi connectivity index (χ3n) is 3.27. The molecule has 0 atom stereocenters. The maximum Gasteiger partial charge on any atom is 0.180 e. The number of alkyl halides is 1. The summed E-state index contributed by atoms with van der Waals surface area (Å²) in [6, 6.07) is 7.22. The van der Waals surface area contributed by atoms with Crippen molar-refractivity contribution < 1.29 is 8.42 Å². The van der Waals surface area contributed by atoms with Gasteiger partial charge < -0.3 is 4.90 Å². The van der Waals surface area contributed by atoms with Crippen molar-refractivity contribution in [1.29, 1.82) is 0 Å². The Morgan fingerprint density at radius 3 is 2.37 bits per heavy atom. The van der Waals surface area contributed by atoms with Crippen molar-refractivity contribution in [2.45, 2.75) is 37.6 Å². The Morgan fingerprint density at radius 1 is 1.26 bits per heavy atom. The average Bonchev–Trinajstić information content (AvgIpc) is 2.37. The van der Waals surface area contributed by atoms with E-state index in [9.17, 15) is 8.42 Å². The highest BCUT2D eigenvalue weighted by molar-refractivity contribution is 9.09. The van der Waals surface area contributed by atoms with Crippen molar-refractivity contribution in [3.8, 4) is 0 Å². The second kappa shape index (κ2) is 6.27. The quantitative estimate of drug-likeness (QED) is 0.739. The SMILES string of the molecule is CCCS(=O)(=O)c1ccccc1N(C)C(C)(C)CBr. The lowest BCUT2D eigenvalue weighted by Gasteiger charge is -2.37. The highest BCUT2D eigenvalue weighted by Crippen LogP contribution is 2.30. The van der Waals surface area contributed by atoms with Crippen LogP contribution in [0.15, 0.2) is 29.2 Å². The fraction of sp³-hybridized carbons (Fsp3) is 0.571. The number of rotatable bonds is 6. The fourth-order valence-corrected chi connectivity index (χ4v) is 3.73. The van der Waals surface area contributed by atoms with Gasteiger partial charge >= 0.3 is 0 Å². The summed E-state index contributed by atoms with van der Waals surface area (Å²) in [4.78, 5) is 2.44. The van der Waals surface area contributed by atoms with Gasteiger partial charge in [0.15, 0.2) is 9.84 Å². The molecule has 3 nitrogen and oxygen atoms in total. The monoisotopic (exact) mass is 347 g/mol. The molecule has 0 unspecified atom stereocenters. The summed E-state index contributed by atoms with van der Waals surface area (Å²) in [6.07, 6.45) is 0.627. The van der Waals surface area contributed by atoms with Crippen LogP contribution in [0, 0.1) is 0 Å². The van der Waals surface area contributed by atoms with Crippen LogP contribution in [-0.2, 0) is 9.84 Å². The summed E-state index contributed by atoms with van der Waals surface area (Å²) >= 11 is 3.48. The van der Waals surface area contributed by atoms with E-state index in [0.717, 1.165) is 11.0 Å². The summed E-state index contributed by atoms with van der Waals surface area (Å²) in [5, 5.41) is 0.763. The fourth-order valence-electron chi connectivity index (χ4n) is 1.79. The molecule has 1 aromatic carbocycles. The molecule has 0 amide bonds. The van der Waals surface area contributed by atoms with E-state index < -0.39 is 9.84 Å². The molecule has 0 saturated heterocycles. The van der Waals surface area contributed by atoms with Crippen LogP contribution in [0.1, 0.15) is 27.2 Å². The topological polar surface area (TPSA) is 37.4 Å². The number of anilines is 1. The second-order valence-electron chi connectivity index (χ2n) is 5.29. The van der Waals surface area contributed by atoms with E-state index in [2.05, 4.69) is 29.8 Å². The van der Waals surface area contributed by atoms with E-state index >= 15 is 0 Å². The molecule has 0 fully saturated rings. The van der Waals surface area contributed by atoms with Gasteiger partial charge in [-0.2, -0.15) is 0 Å². The van der Waals surface area contributed by atoms with E-state index in [1.54, 1.807) is 12.1 Å². The highest BCUT2D eigenvalue weighted by atomic mass is 79.9. The predicted molar refractivity (Wildman–Crippen MR) is 85.1 cm³/mol. The lowest BCUT2D eigenvalue weighted by atomic mass is 10.1. The number of para-hydroxylation sites is 1. The van der Waals surface area contributed by atoms with Crippen molar-refractivity contribution in [3.05, 3.63) is 24.3 Å². The molecule has 1 aromatic rings. The van der Waals surface area contributed by atoms with Crippen molar-refractivity contribution in [3.63, 3.8) is 0 Å². The van der Waals surface area contributed by atoms with Crippen LogP contribution < -0.4 is 4.90 Å². The predicted octanol–water partition coefficient (Wildman–Crippen LogP) is 3.48. The van der Waals surface area contributed by atoms with Gasteiger partial charge in [-0.3, -0.25) is 0 Å². The lowest BCUT2D eigenvalue weighted by Crippen LogP contribution is -2.43. The zero-order valence-electron chi connectivity index (χ0n) is 12.0. The Kier molecular flexibility index (Phi) is 5.44. The molecule has 0 aromatic heterocycles. The zero-order valence-corrected chi connectivity index (χ0v) is 14.4. The molecule has 108 valence electrons. The van der Waals surface area contributed by atoms with Gasteiger partial charge in [0, 0.05) is 17.9 Å². The summed E-state index contributed by atoms with van der Waals surface area (Å²) in [6.45, 7) is 6.03. The number of hydrogen-bond acceptors (Lipinski definition) is 3. The van der Waals surface area contributed by atoms with Gasteiger partial charge in [0.05, 0.1) is 16.3 Å². The second-order valence-corrected chi connectivity index (χ2v) is 7.93. The van der Waals surface area contributed by atoms with Crippen LogP contribution in [0.4, 0.5) is 5.69 Å². The molecule has 0 saturated carbocycles. The Bertz CT molecular complexity index is 526. The molecule has 0 bridgehead atoms. The summed E-state index contributed by atoms with van der Waals surface area (Å²) in [5.41, 5.74) is 0.609. The third-order valence-corrected chi connectivity index (χ3v) is 6.60. The summed E-state index contributed by atoms with van der Waals surface area (Å²) in [7, 11) is -1.28. The number of benzene rings is 1. The lowest BCUT2D eigenvalue weighted by molar-refractivity contribution is 0.547. The molecular formula is C14H22BrNO2S. The standard InChI is InChI=1S/C14H22BrNO2S/c1-5-10-19(17,18)13-9-7-6-8-12(13)16(4)14(2,3)11-15/h6-9H,5,10-11H2,1-4H3. The van der Waals surface area contributed by atoms with Crippen LogP contribution in [0.3, 0.4) is 0 Å². The highest BCUT2D eigenvalue weighted by Gasteiger charge is 2.27. The molecule has 0 spiro atoms. The van der Waals surface area contributed by atoms with E-state index in [1.165, 1.54) is 0 Å². The molecule has 0 aliphatic heterocycles.